The van der Waals surface area contributed by atoms with Gasteiger partial charge in [0.15, 0.2) is 0 Å². The number of nitrogens with one attached hydrogen (secondary N) is 2. The van der Waals surface area contributed by atoms with E-state index in [4.69, 9.17) is 5.26 Å². The Morgan fingerprint density at radius 2 is 2.32 bits per heavy atom. The second-order valence-electron chi connectivity index (χ2n) is 4.63. The van der Waals surface area contributed by atoms with E-state index in [9.17, 15) is 0 Å². The van der Waals surface area contributed by atoms with E-state index in [1.165, 1.54) is 0 Å². The van der Waals surface area contributed by atoms with Gasteiger partial charge < -0.3 is 10.3 Å². The van der Waals surface area contributed by atoms with Crippen molar-refractivity contribution >= 4 is 0 Å². The van der Waals surface area contributed by atoms with Crippen LogP contribution in [0.1, 0.15) is 31.7 Å². The smallest absolute Gasteiger partial charge is 0.120 e. The molecule has 4 nitrogen and oxygen atoms in total. The maximum atomic E-state index is 8.90. The van der Waals surface area contributed by atoms with Crippen LogP contribution in [0.25, 0.3) is 11.3 Å². The van der Waals surface area contributed by atoms with Gasteiger partial charge in [-0.3, -0.25) is 0 Å². The molecule has 0 spiro atoms. The second kappa shape index (κ2) is 6.17. The minimum atomic E-state index is 0.482. The molecule has 0 aliphatic rings. The summed E-state index contributed by atoms with van der Waals surface area (Å²) in [5.74, 6) is 0.915. The number of aromatic amines is 1. The molecule has 2 rings (SSSR count). The van der Waals surface area contributed by atoms with Crippen LogP contribution in [0, 0.1) is 11.3 Å². The zero-order chi connectivity index (χ0) is 13.7. The Kier molecular flexibility index (Phi) is 4.32. The number of imidazole rings is 1. The highest BCUT2D eigenvalue weighted by atomic mass is 15.0. The molecule has 2 aromatic rings. The summed E-state index contributed by atoms with van der Waals surface area (Å²) in [5, 5.41) is 12.3. The second-order valence-corrected chi connectivity index (χ2v) is 4.63. The number of nitrogens with zero attached hydrogens (tertiary/aromatic N) is 2. The molecule has 0 aliphatic carbocycles. The van der Waals surface area contributed by atoms with Crippen LogP contribution in [0.4, 0.5) is 0 Å². The highest BCUT2D eigenvalue weighted by Gasteiger charge is 2.05. The Morgan fingerprint density at radius 1 is 1.47 bits per heavy atom. The van der Waals surface area contributed by atoms with Crippen molar-refractivity contribution in [1.29, 1.82) is 5.26 Å². The van der Waals surface area contributed by atoms with Crippen molar-refractivity contribution in [2.45, 2.75) is 32.9 Å². The third-order valence-electron chi connectivity index (χ3n) is 3.16. The lowest BCUT2D eigenvalue weighted by Crippen LogP contribution is -2.24. The molecule has 4 heteroatoms. The normalized spacial score (nSPS) is 12.1. The lowest BCUT2D eigenvalue weighted by Gasteiger charge is -2.08. The zero-order valence-electron chi connectivity index (χ0n) is 11.3. The molecule has 1 aromatic carbocycles. The van der Waals surface area contributed by atoms with Gasteiger partial charge in [-0.05, 0) is 25.5 Å². The van der Waals surface area contributed by atoms with Crippen molar-refractivity contribution in [3.8, 4) is 17.3 Å². The predicted octanol–water partition coefficient (Wildman–Crippen LogP) is 2.84. The van der Waals surface area contributed by atoms with Crippen LogP contribution >= 0.6 is 0 Å². The summed E-state index contributed by atoms with van der Waals surface area (Å²) in [6.45, 7) is 5.03. The predicted molar refractivity (Wildman–Crippen MR) is 75.3 cm³/mol. The maximum absolute atomic E-state index is 8.90. The monoisotopic (exact) mass is 254 g/mol. The molecule has 0 aliphatic heterocycles. The van der Waals surface area contributed by atoms with Crippen LogP contribution in [0.3, 0.4) is 0 Å². The van der Waals surface area contributed by atoms with Gasteiger partial charge in [-0.15, -0.1) is 0 Å². The number of benzene rings is 1. The fourth-order valence-corrected chi connectivity index (χ4v) is 1.77. The van der Waals surface area contributed by atoms with Crippen LogP contribution in [0.2, 0.25) is 0 Å². The first kappa shape index (κ1) is 13.3. The first-order valence-corrected chi connectivity index (χ1v) is 6.50. The molecular weight excluding hydrogens is 236 g/mol. The highest BCUT2D eigenvalue weighted by molar-refractivity contribution is 5.60. The quantitative estimate of drug-likeness (QED) is 0.862. The molecule has 1 heterocycles. The van der Waals surface area contributed by atoms with Gasteiger partial charge in [0, 0.05) is 11.6 Å². The molecule has 1 atom stereocenters. The van der Waals surface area contributed by atoms with Crippen LogP contribution in [0.15, 0.2) is 30.5 Å². The molecule has 0 saturated heterocycles. The van der Waals surface area contributed by atoms with Crippen molar-refractivity contribution in [3.05, 3.63) is 41.9 Å². The number of hydrogen-bond acceptors (Lipinski definition) is 3. The fraction of sp³-hybridized carbons (Fsp3) is 0.333. The third-order valence-corrected chi connectivity index (χ3v) is 3.16. The summed E-state index contributed by atoms with van der Waals surface area (Å²) in [6.07, 6.45) is 2.90. The Bertz CT molecular complexity index is 580. The summed E-state index contributed by atoms with van der Waals surface area (Å²) in [5.41, 5.74) is 2.59. The molecule has 0 fully saturated rings. The SMILES string of the molecule is CCC(C)NCc1ncc(-c2cccc(C#N)c2)[nH]1. The fourth-order valence-electron chi connectivity index (χ4n) is 1.77. The Balaban J connectivity index is 2.10. The van der Waals surface area contributed by atoms with E-state index in [2.05, 4.69) is 35.2 Å². The van der Waals surface area contributed by atoms with Crippen molar-refractivity contribution in [1.82, 2.24) is 15.3 Å². The average molecular weight is 254 g/mol. The lowest BCUT2D eigenvalue weighted by molar-refractivity contribution is 0.525. The van der Waals surface area contributed by atoms with Gasteiger partial charge >= 0.3 is 0 Å². The van der Waals surface area contributed by atoms with Gasteiger partial charge in [-0.1, -0.05) is 19.1 Å². The molecule has 0 amide bonds. The number of hydrogen-bond donors (Lipinski definition) is 2. The largest absolute Gasteiger partial charge is 0.341 e. The summed E-state index contributed by atoms with van der Waals surface area (Å²) in [6, 6.07) is 10.1. The van der Waals surface area contributed by atoms with E-state index in [-0.39, 0.29) is 0 Å². The first-order chi connectivity index (χ1) is 9.22. The van der Waals surface area contributed by atoms with Crippen LogP contribution in [-0.2, 0) is 6.54 Å². The molecule has 2 N–H and O–H groups in total. The molecule has 98 valence electrons. The number of H-pyrrole nitrogens is 1. The van der Waals surface area contributed by atoms with Gasteiger partial charge in [0.05, 0.1) is 30.1 Å². The molecule has 0 bridgehead atoms. The van der Waals surface area contributed by atoms with Gasteiger partial charge in [-0.25, -0.2) is 4.98 Å². The van der Waals surface area contributed by atoms with Crippen LogP contribution in [-0.4, -0.2) is 16.0 Å². The lowest BCUT2D eigenvalue weighted by atomic mass is 10.1. The molecule has 1 unspecified atom stereocenters. The van der Waals surface area contributed by atoms with E-state index in [0.29, 0.717) is 11.6 Å². The molecule has 0 saturated carbocycles. The number of rotatable bonds is 5. The van der Waals surface area contributed by atoms with E-state index in [0.717, 1.165) is 30.0 Å². The van der Waals surface area contributed by atoms with E-state index >= 15 is 0 Å². The van der Waals surface area contributed by atoms with Crippen molar-refractivity contribution in [2.75, 3.05) is 0 Å². The highest BCUT2D eigenvalue weighted by Crippen LogP contribution is 2.18. The number of nitriles is 1. The van der Waals surface area contributed by atoms with Gasteiger partial charge in [0.25, 0.3) is 0 Å². The Hall–Kier alpha value is -2.12. The van der Waals surface area contributed by atoms with E-state index in [1.807, 2.05) is 24.4 Å². The van der Waals surface area contributed by atoms with Crippen molar-refractivity contribution < 1.29 is 0 Å². The Morgan fingerprint density at radius 3 is 3.05 bits per heavy atom. The topological polar surface area (TPSA) is 64.5 Å². The molecule has 19 heavy (non-hydrogen) atoms. The minimum Gasteiger partial charge on any atom is -0.341 e. The van der Waals surface area contributed by atoms with Crippen LogP contribution in [0.5, 0.6) is 0 Å². The summed E-state index contributed by atoms with van der Waals surface area (Å²) >= 11 is 0. The van der Waals surface area contributed by atoms with Gasteiger partial charge in [-0.2, -0.15) is 5.26 Å². The maximum Gasteiger partial charge on any atom is 0.120 e. The van der Waals surface area contributed by atoms with Crippen molar-refractivity contribution in [2.24, 2.45) is 0 Å². The minimum absolute atomic E-state index is 0.482. The summed E-state index contributed by atoms with van der Waals surface area (Å²) < 4.78 is 0. The van der Waals surface area contributed by atoms with E-state index < -0.39 is 0 Å². The van der Waals surface area contributed by atoms with Crippen molar-refractivity contribution in [3.63, 3.8) is 0 Å². The van der Waals surface area contributed by atoms with Crippen LogP contribution < -0.4 is 5.32 Å². The first-order valence-electron chi connectivity index (χ1n) is 6.50. The molecular formula is C15H18N4. The summed E-state index contributed by atoms with van der Waals surface area (Å²) in [7, 11) is 0. The van der Waals surface area contributed by atoms with Gasteiger partial charge in [0.1, 0.15) is 5.82 Å². The van der Waals surface area contributed by atoms with E-state index in [1.54, 1.807) is 6.07 Å². The third kappa shape index (κ3) is 3.43. The number of aromatic nitrogens is 2. The standard InChI is InChI=1S/C15H18N4/c1-3-11(2)17-10-15-18-9-14(19-15)13-6-4-5-12(7-13)8-16/h4-7,9,11,17H,3,10H2,1-2H3,(H,18,19). The zero-order valence-corrected chi connectivity index (χ0v) is 11.3. The Labute approximate surface area is 113 Å². The molecule has 0 radical (unpaired) electrons. The summed E-state index contributed by atoms with van der Waals surface area (Å²) in [4.78, 5) is 7.63. The van der Waals surface area contributed by atoms with Gasteiger partial charge in [0.2, 0.25) is 0 Å². The average Bonchev–Trinajstić information content (AvgIpc) is 2.93. The molecule has 1 aromatic heterocycles.